The van der Waals surface area contributed by atoms with Gasteiger partial charge in [0.15, 0.2) is 0 Å². The van der Waals surface area contributed by atoms with Crippen LogP contribution in [0.3, 0.4) is 0 Å². The van der Waals surface area contributed by atoms with Crippen molar-refractivity contribution in [3.05, 3.63) is 40.6 Å². The maximum absolute atomic E-state index is 4.01. The molecule has 0 aliphatic carbocycles. The Balaban J connectivity index is 2.49. The molecule has 1 heterocycles. The second-order valence-corrected chi connectivity index (χ2v) is 4.23. The van der Waals surface area contributed by atoms with Crippen LogP contribution in [0.5, 0.6) is 0 Å². The van der Waals surface area contributed by atoms with Crippen LogP contribution in [0.25, 0.3) is 5.69 Å². The van der Waals surface area contributed by atoms with Crippen LogP contribution in [0, 0.1) is 0 Å². The molecule has 1 aromatic heterocycles. The summed E-state index contributed by atoms with van der Waals surface area (Å²) in [5.74, 6) is 0. The fourth-order valence-electron chi connectivity index (χ4n) is 1.17. The minimum Gasteiger partial charge on any atom is -0.217 e. The molecule has 14 heavy (non-hydrogen) atoms. The summed E-state index contributed by atoms with van der Waals surface area (Å²) >= 11 is 6.81. The number of alkyl halides is 1. The standard InChI is InChI=1S/C9H7Br2N3/c10-5-9-6-12-13-14(9)8-3-1-2-7(11)4-8/h1-4,6H,5H2. The summed E-state index contributed by atoms with van der Waals surface area (Å²) < 4.78 is 2.84. The lowest BCUT2D eigenvalue weighted by atomic mass is 10.3. The molecule has 0 bridgehead atoms. The van der Waals surface area contributed by atoms with Crippen molar-refractivity contribution >= 4 is 31.9 Å². The van der Waals surface area contributed by atoms with E-state index in [0.29, 0.717) is 0 Å². The molecule has 1 aromatic carbocycles. The van der Waals surface area contributed by atoms with E-state index in [-0.39, 0.29) is 0 Å². The summed E-state index contributed by atoms with van der Waals surface area (Å²) in [6, 6.07) is 7.94. The monoisotopic (exact) mass is 315 g/mol. The van der Waals surface area contributed by atoms with Crippen LogP contribution < -0.4 is 0 Å². The molecule has 0 atom stereocenters. The fourth-order valence-corrected chi connectivity index (χ4v) is 1.94. The number of hydrogen-bond donors (Lipinski definition) is 0. The second-order valence-electron chi connectivity index (χ2n) is 2.75. The summed E-state index contributed by atoms with van der Waals surface area (Å²) in [6.07, 6.45) is 1.75. The molecule has 3 nitrogen and oxygen atoms in total. The van der Waals surface area contributed by atoms with Gasteiger partial charge in [-0.25, -0.2) is 4.68 Å². The van der Waals surface area contributed by atoms with Crippen molar-refractivity contribution < 1.29 is 0 Å². The summed E-state index contributed by atoms with van der Waals surface area (Å²) in [7, 11) is 0. The molecular formula is C9H7Br2N3. The Morgan fingerprint density at radius 3 is 2.93 bits per heavy atom. The molecule has 0 spiro atoms. The van der Waals surface area contributed by atoms with Gasteiger partial charge in [-0.3, -0.25) is 0 Å². The zero-order chi connectivity index (χ0) is 9.97. The number of nitrogens with zero attached hydrogens (tertiary/aromatic N) is 3. The van der Waals surface area contributed by atoms with Crippen molar-refractivity contribution in [3.63, 3.8) is 0 Å². The number of benzene rings is 1. The molecule has 0 N–H and O–H groups in total. The molecule has 0 aliphatic rings. The van der Waals surface area contributed by atoms with Crippen molar-refractivity contribution in [2.75, 3.05) is 0 Å². The van der Waals surface area contributed by atoms with Gasteiger partial charge in [0.2, 0.25) is 0 Å². The summed E-state index contributed by atoms with van der Waals surface area (Å²) in [4.78, 5) is 0. The van der Waals surface area contributed by atoms with E-state index in [2.05, 4.69) is 42.2 Å². The van der Waals surface area contributed by atoms with Gasteiger partial charge in [0.1, 0.15) is 0 Å². The molecule has 0 aliphatic heterocycles. The maximum atomic E-state index is 4.01. The first-order valence-corrected chi connectivity index (χ1v) is 5.94. The van der Waals surface area contributed by atoms with Gasteiger partial charge in [-0.05, 0) is 18.2 Å². The van der Waals surface area contributed by atoms with Crippen molar-refractivity contribution in [2.24, 2.45) is 0 Å². The van der Waals surface area contributed by atoms with Crippen LogP contribution in [0.4, 0.5) is 0 Å². The highest BCUT2D eigenvalue weighted by atomic mass is 79.9. The van der Waals surface area contributed by atoms with Crippen LogP contribution in [0.1, 0.15) is 5.69 Å². The third-order valence-electron chi connectivity index (χ3n) is 1.81. The zero-order valence-electron chi connectivity index (χ0n) is 7.19. The lowest BCUT2D eigenvalue weighted by Crippen LogP contribution is -2.00. The highest BCUT2D eigenvalue weighted by Gasteiger charge is 2.04. The van der Waals surface area contributed by atoms with Gasteiger partial charge < -0.3 is 0 Å². The largest absolute Gasteiger partial charge is 0.217 e. The van der Waals surface area contributed by atoms with Gasteiger partial charge in [0.25, 0.3) is 0 Å². The van der Waals surface area contributed by atoms with Crippen molar-refractivity contribution in [2.45, 2.75) is 5.33 Å². The van der Waals surface area contributed by atoms with Crippen LogP contribution in [-0.2, 0) is 5.33 Å². The molecule has 0 saturated carbocycles. The highest BCUT2D eigenvalue weighted by Crippen LogP contribution is 2.16. The molecule has 5 heteroatoms. The van der Waals surface area contributed by atoms with Gasteiger partial charge in [-0.2, -0.15) is 0 Å². The third kappa shape index (κ3) is 1.88. The van der Waals surface area contributed by atoms with E-state index in [1.54, 1.807) is 10.9 Å². The van der Waals surface area contributed by atoms with E-state index < -0.39 is 0 Å². The highest BCUT2D eigenvalue weighted by molar-refractivity contribution is 9.10. The van der Waals surface area contributed by atoms with E-state index in [0.717, 1.165) is 21.2 Å². The Hall–Kier alpha value is -0.680. The Morgan fingerprint density at radius 2 is 2.21 bits per heavy atom. The molecule has 0 amide bonds. The fraction of sp³-hybridized carbons (Fsp3) is 0.111. The minimum absolute atomic E-state index is 0.743. The van der Waals surface area contributed by atoms with E-state index in [9.17, 15) is 0 Å². The van der Waals surface area contributed by atoms with E-state index in [1.165, 1.54) is 0 Å². The predicted molar refractivity (Wildman–Crippen MR) is 61.7 cm³/mol. The van der Waals surface area contributed by atoms with Crippen LogP contribution >= 0.6 is 31.9 Å². The predicted octanol–water partition coefficient (Wildman–Crippen LogP) is 2.92. The maximum Gasteiger partial charge on any atom is 0.0751 e. The zero-order valence-corrected chi connectivity index (χ0v) is 10.4. The number of halogens is 2. The first kappa shape index (κ1) is 9.86. The number of hydrogen-bond acceptors (Lipinski definition) is 2. The summed E-state index contributed by atoms with van der Waals surface area (Å²) in [6.45, 7) is 0. The van der Waals surface area contributed by atoms with Crippen LogP contribution in [0.15, 0.2) is 34.9 Å². The minimum atomic E-state index is 0.743. The molecule has 2 rings (SSSR count). The first-order valence-electron chi connectivity index (χ1n) is 4.03. The quantitative estimate of drug-likeness (QED) is 0.798. The molecule has 0 saturated heterocycles. The molecule has 2 aromatic rings. The first-order chi connectivity index (χ1) is 6.81. The SMILES string of the molecule is BrCc1cnnn1-c1cccc(Br)c1. The van der Waals surface area contributed by atoms with Crippen molar-refractivity contribution in [1.29, 1.82) is 0 Å². The molecular weight excluding hydrogens is 310 g/mol. The van der Waals surface area contributed by atoms with Crippen LogP contribution in [-0.4, -0.2) is 15.0 Å². The van der Waals surface area contributed by atoms with Gasteiger partial charge in [0, 0.05) is 9.80 Å². The molecule has 0 fully saturated rings. The number of aromatic nitrogens is 3. The normalized spacial score (nSPS) is 10.4. The van der Waals surface area contributed by atoms with Crippen LogP contribution in [0.2, 0.25) is 0 Å². The second kappa shape index (κ2) is 4.23. The average Bonchev–Trinajstić information content (AvgIpc) is 2.65. The summed E-state index contributed by atoms with van der Waals surface area (Å²) in [5, 5.41) is 8.62. The average molecular weight is 317 g/mol. The lowest BCUT2D eigenvalue weighted by molar-refractivity contribution is 0.783. The topological polar surface area (TPSA) is 30.7 Å². The lowest BCUT2D eigenvalue weighted by Gasteiger charge is -2.03. The van der Waals surface area contributed by atoms with Gasteiger partial charge in [0.05, 0.1) is 17.6 Å². The Labute approximate surface area is 98.4 Å². The molecule has 72 valence electrons. The molecule has 0 unspecified atom stereocenters. The van der Waals surface area contributed by atoms with E-state index >= 15 is 0 Å². The number of rotatable bonds is 2. The Bertz CT molecular complexity index is 439. The van der Waals surface area contributed by atoms with Crippen molar-refractivity contribution in [3.8, 4) is 5.69 Å². The van der Waals surface area contributed by atoms with Gasteiger partial charge >= 0.3 is 0 Å². The molecule has 0 radical (unpaired) electrons. The van der Waals surface area contributed by atoms with Gasteiger partial charge in [-0.1, -0.05) is 43.1 Å². The smallest absolute Gasteiger partial charge is 0.0751 e. The van der Waals surface area contributed by atoms with Crippen molar-refractivity contribution in [1.82, 2.24) is 15.0 Å². The van der Waals surface area contributed by atoms with E-state index in [1.807, 2.05) is 24.3 Å². The Morgan fingerprint density at radius 1 is 1.36 bits per heavy atom. The Kier molecular flexibility index (Phi) is 2.98. The van der Waals surface area contributed by atoms with E-state index in [4.69, 9.17) is 0 Å². The summed E-state index contributed by atoms with van der Waals surface area (Å²) in [5.41, 5.74) is 2.04. The van der Waals surface area contributed by atoms with Gasteiger partial charge in [-0.15, -0.1) is 5.10 Å². The third-order valence-corrected chi connectivity index (χ3v) is 2.88.